The monoisotopic (exact) mass is 317 g/mol. The van der Waals surface area contributed by atoms with Gasteiger partial charge in [0.2, 0.25) is 11.8 Å². The van der Waals surface area contributed by atoms with E-state index < -0.39 is 0 Å². The minimum atomic E-state index is -0.124. The Morgan fingerprint density at radius 2 is 1.68 bits per heavy atom. The van der Waals surface area contributed by atoms with Gasteiger partial charge in [0.15, 0.2) is 0 Å². The van der Waals surface area contributed by atoms with Crippen LogP contribution in [-0.2, 0) is 9.59 Å². The number of halogens is 1. The summed E-state index contributed by atoms with van der Waals surface area (Å²) < 4.78 is 0.878. The number of nitrogens with zero attached hydrogens (tertiary/aromatic N) is 1. The maximum absolute atomic E-state index is 12.6. The van der Waals surface area contributed by atoms with Gasteiger partial charge in [0.1, 0.15) is 0 Å². The summed E-state index contributed by atoms with van der Waals surface area (Å²) in [7, 11) is 0. The van der Waals surface area contributed by atoms with Gasteiger partial charge >= 0.3 is 0 Å². The van der Waals surface area contributed by atoms with Crippen LogP contribution in [0.1, 0.15) is 6.42 Å². The normalized spacial score (nSPS) is 35.3. The van der Waals surface area contributed by atoms with Gasteiger partial charge in [-0.15, -0.1) is 0 Å². The molecule has 0 radical (unpaired) electrons. The summed E-state index contributed by atoms with van der Waals surface area (Å²) in [6.45, 7) is 0. The van der Waals surface area contributed by atoms with Crippen LogP contribution < -0.4 is 4.90 Å². The lowest BCUT2D eigenvalue weighted by Crippen LogP contribution is -2.32. The summed E-state index contributed by atoms with van der Waals surface area (Å²) in [6.07, 6.45) is 5.20. The molecule has 1 aromatic rings. The lowest BCUT2D eigenvalue weighted by atomic mass is 9.85. The van der Waals surface area contributed by atoms with Crippen LogP contribution in [0.3, 0.4) is 0 Å². The van der Waals surface area contributed by atoms with E-state index >= 15 is 0 Å². The molecule has 2 fully saturated rings. The first-order valence-corrected chi connectivity index (χ1v) is 7.28. The number of hydrogen-bond acceptors (Lipinski definition) is 2. The molecule has 0 aromatic heterocycles. The van der Waals surface area contributed by atoms with Crippen molar-refractivity contribution < 1.29 is 9.59 Å². The van der Waals surface area contributed by atoms with Gasteiger partial charge in [-0.05, 0) is 36.5 Å². The molecule has 19 heavy (non-hydrogen) atoms. The number of allylic oxidation sites excluding steroid dienone is 2. The van der Waals surface area contributed by atoms with Crippen LogP contribution in [0.5, 0.6) is 0 Å². The van der Waals surface area contributed by atoms with E-state index in [0.717, 1.165) is 10.9 Å². The van der Waals surface area contributed by atoms with Gasteiger partial charge in [-0.2, -0.15) is 0 Å². The van der Waals surface area contributed by atoms with Crippen molar-refractivity contribution in [2.75, 3.05) is 4.90 Å². The fourth-order valence-corrected chi connectivity index (χ4v) is 4.16. The van der Waals surface area contributed by atoms with Gasteiger partial charge in [-0.25, -0.2) is 4.90 Å². The molecule has 4 atom stereocenters. The maximum atomic E-state index is 12.6. The van der Waals surface area contributed by atoms with E-state index in [9.17, 15) is 9.59 Å². The van der Waals surface area contributed by atoms with Crippen LogP contribution in [0.4, 0.5) is 5.69 Å². The Balaban J connectivity index is 1.77. The van der Waals surface area contributed by atoms with Gasteiger partial charge in [0.25, 0.3) is 0 Å². The number of anilines is 1. The Labute approximate surface area is 119 Å². The molecule has 3 aliphatic rings. The number of carbonyl (C=O) groups excluding carboxylic acids is 2. The summed E-state index contributed by atoms with van der Waals surface area (Å²) in [5.41, 5.74) is 0.679. The number of amides is 2. The first-order valence-electron chi connectivity index (χ1n) is 6.48. The Bertz CT molecular complexity index is 594. The van der Waals surface area contributed by atoms with Crippen LogP contribution in [0.25, 0.3) is 0 Å². The first kappa shape index (κ1) is 11.4. The lowest BCUT2D eigenvalue weighted by Gasteiger charge is -2.17. The average molecular weight is 318 g/mol. The van der Waals surface area contributed by atoms with E-state index in [4.69, 9.17) is 0 Å². The number of fused-ring (bicyclic) bond motifs is 5. The molecule has 2 bridgehead atoms. The van der Waals surface area contributed by atoms with Crippen molar-refractivity contribution in [2.45, 2.75) is 6.42 Å². The molecule has 4 heteroatoms. The third-order valence-corrected chi connectivity index (χ3v) is 5.03. The second-order valence-electron chi connectivity index (χ2n) is 5.49. The third-order valence-electron chi connectivity index (χ3n) is 4.54. The topological polar surface area (TPSA) is 37.4 Å². The van der Waals surface area contributed by atoms with Crippen molar-refractivity contribution >= 4 is 33.4 Å². The van der Waals surface area contributed by atoms with Crippen molar-refractivity contribution in [2.24, 2.45) is 23.7 Å². The van der Waals surface area contributed by atoms with Crippen molar-refractivity contribution in [1.82, 2.24) is 0 Å². The Morgan fingerprint density at radius 1 is 1.05 bits per heavy atom. The van der Waals surface area contributed by atoms with Gasteiger partial charge in [0, 0.05) is 4.47 Å². The molecular weight excluding hydrogens is 306 g/mol. The standard InChI is InChI=1S/C15H12BrNO2/c16-10-2-1-3-11(7-10)17-14(18)12-8-4-5-9(6-8)13(12)15(17)19/h1-5,7-9,12-13H,6H2/t8-,9-,12+,13+/m1/s1. The minimum Gasteiger partial charge on any atom is -0.274 e. The highest BCUT2D eigenvalue weighted by Crippen LogP contribution is 2.53. The Hall–Kier alpha value is -1.42. The summed E-state index contributed by atoms with van der Waals surface area (Å²) >= 11 is 3.38. The molecule has 0 N–H and O–H groups in total. The lowest BCUT2D eigenvalue weighted by molar-refractivity contribution is -0.123. The van der Waals surface area contributed by atoms with Crippen LogP contribution in [-0.4, -0.2) is 11.8 Å². The van der Waals surface area contributed by atoms with E-state index in [2.05, 4.69) is 28.1 Å². The predicted molar refractivity (Wildman–Crippen MR) is 74.4 cm³/mol. The Kier molecular flexibility index (Phi) is 2.28. The number of rotatable bonds is 1. The largest absolute Gasteiger partial charge is 0.274 e. The highest BCUT2D eigenvalue weighted by Gasteiger charge is 2.59. The second-order valence-corrected chi connectivity index (χ2v) is 6.41. The zero-order chi connectivity index (χ0) is 13.1. The fourth-order valence-electron chi connectivity index (χ4n) is 3.77. The van der Waals surface area contributed by atoms with Crippen molar-refractivity contribution in [3.63, 3.8) is 0 Å². The van der Waals surface area contributed by atoms with E-state index in [1.54, 1.807) is 0 Å². The predicted octanol–water partition coefficient (Wildman–Crippen LogP) is 2.76. The molecule has 1 saturated carbocycles. The zero-order valence-corrected chi connectivity index (χ0v) is 11.7. The molecule has 1 saturated heterocycles. The number of hydrogen-bond donors (Lipinski definition) is 0. The van der Waals surface area contributed by atoms with Crippen LogP contribution in [0, 0.1) is 23.7 Å². The highest BCUT2D eigenvalue weighted by atomic mass is 79.9. The van der Waals surface area contributed by atoms with Gasteiger partial charge in [0.05, 0.1) is 17.5 Å². The van der Waals surface area contributed by atoms with Crippen molar-refractivity contribution in [3.05, 3.63) is 40.9 Å². The zero-order valence-electron chi connectivity index (χ0n) is 10.1. The SMILES string of the molecule is O=C1[C@@H]2[C@@H](C(=O)N1c1cccc(Br)c1)[C@@H]1C=C[C@@H]2C1. The third kappa shape index (κ3) is 1.43. The molecule has 2 amide bonds. The van der Waals surface area contributed by atoms with Crippen LogP contribution >= 0.6 is 15.9 Å². The molecular formula is C15H12BrNO2. The highest BCUT2D eigenvalue weighted by molar-refractivity contribution is 9.10. The number of benzene rings is 1. The smallest absolute Gasteiger partial charge is 0.238 e. The van der Waals surface area contributed by atoms with Gasteiger partial charge in [-0.1, -0.05) is 34.1 Å². The van der Waals surface area contributed by atoms with E-state index in [1.165, 1.54) is 4.90 Å². The summed E-state index contributed by atoms with van der Waals surface area (Å²) in [5.74, 6) is 0.241. The van der Waals surface area contributed by atoms with Gasteiger partial charge < -0.3 is 0 Å². The average Bonchev–Trinajstić information content (AvgIpc) is 3.04. The molecule has 1 aromatic carbocycles. The molecule has 3 nitrogen and oxygen atoms in total. The quantitative estimate of drug-likeness (QED) is 0.590. The molecule has 96 valence electrons. The summed E-state index contributed by atoms with van der Waals surface area (Å²) in [5, 5.41) is 0. The van der Waals surface area contributed by atoms with E-state index in [0.29, 0.717) is 5.69 Å². The molecule has 0 spiro atoms. The molecule has 2 aliphatic carbocycles. The number of imide groups is 1. The van der Waals surface area contributed by atoms with E-state index in [1.807, 2.05) is 24.3 Å². The molecule has 0 unspecified atom stereocenters. The van der Waals surface area contributed by atoms with Crippen LogP contribution in [0.15, 0.2) is 40.9 Å². The van der Waals surface area contributed by atoms with Crippen molar-refractivity contribution in [3.8, 4) is 0 Å². The summed E-state index contributed by atoms with van der Waals surface area (Å²) in [6, 6.07) is 7.38. The van der Waals surface area contributed by atoms with E-state index in [-0.39, 0.29) is 35.5 Å². The Morgan fingerprint density at radius 3 is 2.26 bits per heavy atom. The first-order chi connectivity index (χ1) is 9.16. The van der Waals surface area contributed by atoms with Crippen LogP contribution in [0.2, 0.25) is 0 Å². The summed E-state index contributed by atoms with van der Waals surface area (Å²) in [4.78, 5) is 26.5. The van der Waals surface area contributed by atoms with Gasteiger partial charge in [-0.3, -0.25) is 9.59 Å². The fraction of sp³-hybridized carbons (Fsp3) is 0.333. The number of carbonyl (C=O) groups is 2. The minimum absolute atomic E-state index is 0.0232. The maximum Gasteiger partial charge on any atom is 0.238 e. The second kappa shape index (κ2) is 3.79. The molecule has 1 heterocycles. The van der Waals surface area contributed by atoms with Crippen molar-refractivity contribution in [1.29, 1.82) is 0 Å². The molecule has 1 aliphatic heterocycles. The molecule has 4 rings (SSSR count).